The molecule has 0 amide bonds. The number of rotatable bonds is 1. The number of aromatic nitrogens is 1. The van der Waals surface area contributed by atoms with Crippen molar-refractivity contribution in [1.82, 2.24) is 10.3 Å². The number of anilines is 2. The standard InChI is InChI=1S/C11H18N4/c1-9-10(12)3-4-11(14-9)15-7-2-5-13-6-8-15/h3-4,13H,2,5-8,12H2,1H3. The summed E-state index contributed by atoms with van der Waals surface area (Å²) >= 11 is 0. The monoisotopic (exact) mass is 206 g/mol. The molecule has 0 aromatic carbocycles. The van der Waals surface area contributed by atoms with Crippen molar-refractivity contribution >= 4 is 11.5 Å². The topological polar surface area (TPSA) is 54.2 Å². The van der Waals surface area contributed by atoms with Crippen molar-refractivity contribution in [2.75, 3.05) is 36.8 Å². The molecule has 1 aromatic heterocycles. The smallest absolute Gasteiger partial charge is 0.128 e. The molecule has 3 N–H and O–H groups in total. The Bertz CT molecular complexity index is 329. The molecule has 1 saturated heterocycles. The average molecular weight is 206 g/mol. The van der Waals surface area contributed by atoms with Gasteiger partial charge in [-0.05, 0) is 32.0 Å². The normalized spacial score (nSPS) is 17.5. The molecular weight excluding hydrogens is 188 g/mol. The minimum absolute atomic E-state index is 0.770. The molecule has 0 atom stereocenters. The molecule has 1 aromatic rings. The van der Waals surface area contributed by atoms with Crippen LogP contribution >= 0.6 is 0 Å². The van der Waals surface area contributed by atoms with Crippen molar-refractivity contribution in [3.63, 3.8) is 0 Å². The third-order valence-corrected chi connectivity index (χ3v) is 2.78. The highest BCUT2D eigenvalue weighted by atomic mass is 15.2. The molecule has 0 unspecified atom stereocenters. The van der Waals surface area contributed by atoms with Gasteiger partial charge in [0, 0.05) is 19.6 Å². The predicted octanol–water partition coefficient (Wildman–Crippen LogP) is 0.772. The van der Waals surface area contributed by atoms with Gasteiger partial charge >= 0.3 is 0 Å². The summed E-state index contributed by atoms with van der Waals surface area (Å²) in [5, 5.41) is 3.38. The van der Waals surface area contributed by atoms with Crippen LogP contribution in [0.1, 0.15) is 12.1 Å². The fourth-order valence-electron chi connectivity index (χ4n) is 1.81. The summed E-state index contributed by atoms with van der Waals surface area (Å²) < 4.78 is 0. The maximum absolute atomic E-state index is 5.76. The van der Waals surface area contributed by atoms with Gasteiger partial charge in [0.1, 0.15) is 5.82 Å². The Morgan fingerprint density at radius 3 is 3.00 bits per heavy atom. The number of nitrogen functional groups attached to an aromatic ring is 1. The van der Waals surface area contributed by atoms with Gasteiger partial charge in [-0.2, -0.15) is 0 Å². The first-order chi connectivity index (χ1) is 7.27. The largest absolute Gasteiger partial charge is 0.397 e. The fraction of sp³-hybridized carbons (Fsp3) is 0.545. The zero-order valence-electron chi connectivity index (χ0n) is 9.16. The predicted molar refractivity (Wildman–Crippen MR) is 63.1 cm³/mol. The van der Waals surface area contributed by atoms with Gasteiger partial charge in [-0.1, -0.05) is 0 Å². The van der Waals surface area contributed by atoms with E-state index in [2.05, 4.69) is 15.2 Å². The number of aryl methyl sites for hydroxylation is 1. The molecule has 1 fully saturated rings. The Morgan fingerprint density at radius 2 is 2.20 bits per heavy atom. The third-order valence-electron chi connectivity index (χ3n) is 2.78. The SMILES string of the molecule is Cc1nc(N2CCCNCC2)ccc1N. The lowest BCUT2D eigenvalue weighted by atomic mass is 10.3. The van der Waals surface area contributed by atoms with Crippen molar-refractivity contribution < 1.29 is 0 Å². The first kappa shape index (κ1) is 10.2. The van der Waals surface area contributed by atoms with E-state index in [0.717, 1.165) is 43.4 Å². The van der Waals surface area contributed by atoms with Gasteiger partial charge < -0.3 is 16.0 Å². The highest BCUT2D eigenvalue weighted by Crippen LogP contribution is 2.16. The Morgan fingerprint density at radius 1 is 1.33 bits per heavy atom. The number of nitrogens with one attached hydrogen (secondary N) is 1. The van der Waals surface area contributed by atoms with Crippen molar-refractivity contribution in [3.05, 3.63) is 17.8 Å². The summed E-state index contributed by atoms with van der Waals surface area (Å²) in [7, 11) is 0. The van der Waals surface area contributed by atoms with E-state index >= 15 is 0 Å². The molecular formula is C11H18N4. The highest BCUT2D eigenvalue weighted by molar-refractivity contribution is 5.50. The lowest BCUT2D eigenvalue weighted by Crippen LogP contribution is -2.28. The molecule has 0 saturated carbocycles. The maximum Gasteiger partial charge on any atom is 0.128 e. The van der Waals surface area contributed by atoms with Gasteiger partial charge in [0.2, 0.25) is 0 Å². The summed E-state index contributed by atoms with van der Waals surface area (Å²) in [6.07, 6.45) is 1.17. The summed E-state index contributed by atoms with van der Waals surface area (Å²) in [5.41, 5.74) is 7.45. The molecule has 1 aliphatic rings. The van der Waals surface area contributed by atoms with E-state index in [0.29, 0.717) is 0 Å². The minimum Gasteiger partial charge on any atom is -0.397 e. The Kier molecular flexibility index (Phi) is 3.06. The molecule has 0 radical (unpaired) electrons. The second kappa shape index (κ2) is 4.49. The van der Waals surface area contributed by atoms with E-state index in [-0.39, 0.29) is 0 Å². The molecule has 2 rings (SSSR count). The number of nitrogens with zero attached hydrogens (tertiary/aromatic N) is 2. The first-order valence-electron chi connectivity index (χ1n) is 5.46. The highest BCUT2D eigenvalue weighted by Gasteiger charge is 2.10. The van der Waals surface area contributed by atoms with E-state index in [4.69, 9.17) is 5.73 Å². The van der Waals surface area contributed by atoms with Crippen LogP contribution in [-0.4, -0.2) is 31.2 Å². The van der Waals surface area contributed by atoms with E-state index in [1.54, 1.807) is 0 Å². The van der Waals surface area contributed by atoms with Crippen molar-refractivity contribution in [3.8, 4) is 0 Å². The summed E-state index contributed by atoms with van der Waals surface area (Å²) in [5.74, 6) is 1.05. The van der Waals surface area contributed by atoms with E-state index in [1.807, 2.05) is 19.1 Å². The molecule has 15 heavy (non-hydrogen) atoms. The molecule has 82 valence electrons. The van der Waals surface area contributed by atoms with Gasteiger partial charge in [0.25, 0.3) is 0 Å². The zero-order valence-corrected chi connectivity index (χ0v) is 9.16. The lowest BCUT2D eigenvalue weighted by Gasteiger charge is -2.21. The fourth-order valence-corrected chi connectivity index (χ4v) is 1.81. The average Bonchev–Trinajstić information content (AvgIpc) is 2.50. The minimum atomic E-state index is 0.770. The van der Waals surface area contributed by atoms with Crippen LogP contribution < -0.4 is 16.0 Å². The Labute approximate surface area is 90.5 Å². The van der Waals surface area contributed by atoms with Crippen molar-refractivity contribution in [2.24, 2.45) is 0 Å². The van der Waals surface area contributed by atoms with Gasteiger partial charge in [0.15, 0.2) is 0 Å². The lowest BCUT2D eigenvalue weighted by molar-refractivity contribution is 0.724. The molecule has 1 aliphatic heterocycles. The maximum atomic E-state index is 5.76. The number of nitrogens with two attached hydrogens (primary N) is 1. The van der Waals surface area contributed by atoms with Crippen LogP contribution in [0.25, 0.3) is 0 Å². The summed E-state index contributed by atoms with van der Waals surface area (Å²) in [6.45, 7) is 6.18. The molecule has 0 spiro atoms. The van der Waals surface area contributed by atoms with Crippen LogP contribution in [0, 0.1) is 6.92 Å². The second-order valence-corrected chi connectivity index (χ2v) is 3.93. The Hall–Kier alpha value is -1.29. The van der Waals surface area contributed by atoms with Gasteiger partial charge in [-0.3, -0.25) is 0 Å². The Balaban J connectivity index is 2.16. The van der Waals surface area contributed by atoms with Crippen LogP contribution in [0.15, 0.2) is 12.1 Å². The van der Waals surface area contributed by atoms with Crippen LogP contribution in [0.4, 0.5) is 11.5 Å². The molecule has 0 bridgehead atoms. The van der Waals surface area contributed by atoms with Crippen LogP contribution in [0.3, 0.4) is 0 Å². The summed E-state index contributed by atoms with van der Waals surface area (Å²) in [4.78, 5) is 6.82. The van der Waals surface area contributed by atoms with Crippen LogP contribution in [-0.2, 0) is 0 Å². The van der Waals surface area contributed by atoms with E-state index < -0.39 is 0 Å². The van der Waals surface area contributed by atoms with Crippen LogP contribution in [0.2, 0.25) is 0 Å². The molecule has 0 aliphatic carbocycles. The number of hydrogen-bond donors (Lipinski definition) is 2. The summed E-state index contributed by atoms with van der Waals surface area (Å²) in [6, 6.07) is 3.95. The zero-order chi connectivity index (χ0) is 10.7. The van der Waals surface area contributed by atoms with E-state index in [1.165, 1.54) is 6.42 Å². The number of pyridine rings is 1. The van der Waals surface area contributed by atoms with E-state index in [9.17, 15) is 0 Å². The molecule has 2 heterocycles. The molecule has 4 heteroatoms. The van der Waals surface area contributed by atoms with Gasteiger partial charge in [0.05, 0.1) is 11.4 Å². The van der Waals surface area contributed by atoms with Crippen LogP contribution in [0.5, 0.6) is 0 Å². The quantitative estimate of drug-likeness (QED) is 0.712. The van der Waals surface area contributed by atoms with Crippen molar-refractivity contribution in [1.29, 1.82) is 0 Å². The molecule has 4 nitrogen and oxygen atoms in total. The van der Waals surface area contributed by atoms with Gasteiger partial charge in [-0.15, -0.1) is 0 Å². The number of hydrogen-bond acceptors (Lipinski definition) is 4. The first-order valence-corrected chi connectivity index (χ1v) is 5.46. The van der Waals surface area contributed by atoms with Gasteiger partial charge in [-0.25, -0.2) is 4.98 Å². The van der Waals surface area contributed by atoms with Crippen molar-refractivity contribution in [2.45, 2.75) is 13.3 Å². The third kappa shape index (κ3) is 2.39. The second-order valence-electron chi connectivity index (χ2n) is 3.93.